The lowest BCUT2D eigenvalue weighted by molar-refractivity contribution is -0.188. The molecule has 2 rings (SSSR count). The molecular weight excluding hydrogens is 298 g/mol. The number of esters is 1. The molecule has 1 aliphatic heterocycles. The SMILES string of the molecule is CCCCCC(=O)NC1(CC(=O)OC)CCC2(CC1)OCCO2. The number of carbonyl (C=O) groups excluding carboxylic acids is 2. The Morgan fingerprint density at radius 3 is 2.30 bits per heavy atom. The third-order valence-electron chi connectivity index (χ3n) is 4.90. The minimum absolute atomic E-state index is 0.0200. The minimum atomic E-state index is -0.531. The Balaban J connectivity index is 1.96. The molecule has 23 heavy (non-hydrogen) atoms. The molecule has 1 N–H and O–H groups in total. The van der Waals surface area contributed by atoms with Crippen LogP contribution in [0.5, 0.6) is 0 Å². The molecule has 0 aromatic rings. The number of methoxy groups -OCH3 is 1. The van der Waals surface area contributed by atoms with Gasteiger partial charge in [-0.05, 0) is 19.3 Å². The van der Waals surface area contributed by atoms with Crippen LogP contribution in [-0.4, -0.2) is 43.5 Å². The molecule has 6 heteroatoms. The fourth-order valence-electron chi connectivity index (χ4n) is 3.48. The van der Waals surface area contributed by atoms with E-state index in [0.717, 1.165) is 19.3 Å². The summed E-state index contributed by atoms with van der Waals surface area (Å²) in [5.74, 6) is -0.776. The van der Waals surface area contributed by atoms with Crippen molar-refractivity contribution in [2.75, 3.05) is 20.3 Å². The van der Waals surface area contributed by atoms with Gasteiger partial charge in [0.2, 0.25) is 5.91 Å². The van der Waals surface area contributed by atoms with E-state index < -0.39 is 11.3 Å². The molecular formula is C17H29NO5. The van der Waals surface area contributed by atoms with Gasteiger partial charge in [0.15, 0.2) is 5.79 Å². The second kappa shape index (κ2) is 8.11. The zero-order valence-electron chi connectivity index (χ0n) is 14.3. The second-order valence-electron chi connectivity index (χ2n) is 6.65. The summed E-state index contributed by atoms with van der Waals surface area (Å²) in [5.41, 5.74) is -0.531. The van der Waals surface area contributed by atoms with Gasteiger partial charge in [-0.2, -0.15) is 0 Å². The van der Waals surface area contributed by atoms with Crippen LogP contribution in [0, 0.1) is 0 Å². The molecule has 0 unspecified atom stereocenters. The predicted molar refractivity (Wildman–Crippen MR) is 84.8 cm³/mol. The van der Waals surface area contributed by atoms with Gasteiger partial charge >= 0.3 is 5.97 Å². The van der Waals surface area contributed by atoms with Gasteiger partial charge in [0.25, 0.3) is 0 Å². The number of unbranched alkanes of at least 4 members (excludes halogenated alkanes) is 2. The molecule has 2 aliphatic rings. The van der Waals surface area contributed by atoms with Crippen molar-refractivity contribution < 1.29 is 23.8 Å². The van der Waals surface area contributed by atoms with Crippen molar-refractivity contribution >= 4 is 11.9 Å². The first-order valence-corrected chi connectivity index (χ1v) is 8.69. The number of rotatable bonds is 7. The summed E-state index contributed by atoms with van der Waals surface area (Å²) in [5, 5.41) is 3.11. The van der Waals surface area contributed by atoms with Crippen molar-refractivity contribution in [1.82, 2.24) is 5.32 Å². The van der Waals surface area contributed by atoms with Crippen LogP contribution in [0.15, 0.2) is 0 Å². The maximum atomic E-state index is 12.2. The predicted octanol–water partition coefficient (Wildman–Crippen LogP) is 2.30. The van der Waals surface area contributed by atoms with Gasteiger partial charge in [-0.3, -0.25) is 9.59 Å². The number of nitrogens with one attached hydrogen (secondary N) is 1. The molecule has 6 nitrogen and oxygen atoms in total. The molecule has 0 aromatic carbocycles. The van der Waals surface area contributed by atoms with Crippen LogP contribution in [0.4, 0.5) is 0 Å². The molecule has 1 spiro atoms. The van der Waals surface area contributed by atoms with E-state index in [1.165, 1.54) is 7.11 Å². The van der Waals surface area contributed by atoms with Crippen molar-refractivity contribution in [1.29, 1.82) is 0 Å². The summed E-state index contributed by atoms with van der Waals surface area (Å²) < 4.78 is 16.3. The summed E-state index contributed by atoms with van der Waals surface area (Å²) in [6, 6.07) is 0. The Kier molecular flexibility index (Phi) is 6.41. The molecule has 132 valence electrons. The third kappa shape index (κ3) is 4.91. The first-order chi connectivity index (χ1) is 11.0. The maximum absolute atomic E-state index is 12.2. The summed E-state index contributed by atoms with van der Waals surface area (Å²) >= 11 is 0. The quantitative estimate of drug-likeness (QED) is 0.574. The van der Waals surface area contributed by atoms with E-state index in [9.17, 15) is 9.59 Å². The molecule has 1 amide bonds. The van der Waals surface area contributed by atoms with Crippen LogP contribution >= 0.6 is 0 Å². The van der Waals surface area contributed by atoms with Crippen LogP contribution in [-0.2, 0) is 23.8 Å². The number of amides is 1. The zero-order valence-corrected chi connectivity index (χ0v) is 14.3. The average Bonchev–Trinajstić information content (AvgIpc) is 2.99. The van der Waals surface area contributed by atoms with Gasteiger partial charge < -0.3 is 19.5 Å². The molecule has 1 aliphatic carbocycles. The van der Waals surface area contributed by atoms with Gasteiger partial charge in [0, 0.05) is 19.3 Å². The normalized spacial score (nSPS) is 22.0. The molecule has 0 aromatic heterocycles. The molecule has 1 heterocycles. The number of carbonyl (C=O) groups is 2. The summed E-state index contributed by atoms with van der Waals surface area (Å²) in [7, 11) is 1.38. The maximum Gasteiger partial charge on any atom is 0.307 e. The second-order valence-corrected chi connectivity index (χ2v) is 6.65. The van der Waals surface area contributed by atoms with E-state index in [1.54, 1.807) is 0 Å². The van der Waals surface area contributed by atoms with Crippen LogP contribution in [0.25, 0.3) is 0 Å². The highest BCUT2D eigenvalue weighted by Crippen LogP contribution is 2.41. The fourth-order valence-corrected chi connectivity index (χ4v) is 3.48. The van der Waals surface area contributed by atoms with Crippen molar-refractivity contribution in [3.05, 3.63) is 0 Å². The Hall–Kier alpha value is -1.14. The van der Waals surface area contributed by atoms with Gasteiger partial charge in [0.1, 0.15) is 0 Å². The van der Waals surface area contributed by atoms with Crippen molar-refractivity contribution in [3.8, 4) is 0 Å². The topological polar surface area (TPSA) is 73.9 Å². The van der Waals surface area contributed by atoms with Gasteiger partial charge in [-0.1, -0.05) is 19.8 Å². The molecule has 0 bridgehead atoms. The summed E-state index contributed by atoms with van der Waals surface area (Å²) in [6.07, 6.45) is 6.45. The van der Waals surface area contributed by atoms with Gasteiger partial charge in [0.05, 0.1) is 32.3 Å². The fraction of sp³-hybridized carbons (Fsp3) is 0.882. The van der Waals surface area contributed by atoms with E-state index >= 15 is 0 Å². The third-order valence-corrected chi connectivity index (χ3v) is 4.90. The van der Waals surface area contributed by atoms with Crippen LogP contribution in [0.1, 0.15) is 64.7 Å². The van der Waals surface area contributed by atoms with Crippen molar-refractivity contribution in [2.24, 2.45) is 0 Å². The molecule has 0 atom stereocenters. The zero-order chi connectivity index (χ0) is 16.8. The monoisotopic (exact) mass is 327 g/mol. The van der Waals surface area contributed by atoms with Crippen molar-refractivity contribution in [2.45, 2.75) is 76.0 Å². The van der Waals surface area contributed by atoms with Crippen LogP contribution in [0.2, 0.25) is 0 Å². The molecule has 0 radical (unpaired) electrons. The number of ether oxygens (including phenoxy) is 3. The van der Waals surface area contributed by atoms with Gasteiger partial charge in [-0.25, -0.2) is 0 Å². The first kappa shape index (κ1) is 18.2. The van der Waals surface area contributed by atoms with E-state index in [0.29, 0.717) is 45.3 Å². The lowest BCUT2D eigenvalue weighted by Gasteiger charge is -2.43. The van der Waals surface area contributed by atoms with E-state index in [1.807, 2.05) is 0 Å². The minimum Gasteiger partial charge on any atom is -0.469 e. The highest BCUT2D eigenvalue weighted by molar-refractivity contribution is 5.78. The molecule has 2 fully saturated rings. The number of hydrogen-bond acceptors (Lipinski definition) is 5. The van der Waals surface area contributed by atoms with Crippen LogP contribution in [0.3, 0.4) is 0 Å². The lowest BCUT2D eigenvalue weighted by atomic mass is 9.76. The summed E-state index contributed by atoms with van der Waals surface area (Å²) in [6.45, 7) is 3.35. The van der Waals surface area contributed by atoms with Gasteiger partial charge in [-0.15, -0.1) is 0 Å². The Bertz CT molecular complexity index is 407. The highest BCUT2D eigenvalue weighted by Gasteiger charge is 2.47. The molecule has 1 saturated heterocycles. The highest BCUT2D eigenvalue weighted by atomic mass is 16.7. The van der Waals surface area contributed by atoms with E-state index in [4.69, 9.17) is 14.2 Å². The first-order valence-electron chi connectivity index (χ1n) is 8.69. The van der Waals surface area contributed by atoms with Crippen molar-refractivity contribution in [3.63, 3.8) is 0 Å². The summed E-state index contributed by atoms with van der Waals surface area (Å²) in [4.78, 5) is 24.1. The average molecular weight is 327 g/mol. The Morgan fingerprint density at radius 2 is 1.74 bits per heavy atom. The standard InChI is InChI=1S/C17H29NO5/c1-3-4-5-6-14(19)18-16(13-15(20)21-2)7-9-17(10-8-16)22-11-12-23-17/h3-13H2,1-2H3,(H,18,19). The van der Waals surface area contributed by atoms with Crippen LogP contribution < -0.4 is 5.32 Å². The number of hydrogen-bond donors (Lipinski definition) is 1. The largest absolute Gasteiger partial charge is 0.469 e. The Labute approximate surface area is 138 Å². The molecule has 1 saturated carbocycles. The Morgan fingerprint density at radius 1 is 1.09 bits per heavy atom. The van der Waals surface area contributed by atoms with E-state index in [-0.39, 0.29) is 18.3 Å². The van der Waals surface area contributed by atoms with E-state index in [2.05, 4.69) is 12.2 Å². The smallest absolute Gasteiger partial charge is 0.307 e. The lowest BCUT2D eigenvalue weighted by Crippen LogP contribution is -2.55.